The Bertz CT molecular complexity index is 1920. The lowest BCUT2D eigenvalue weighted by molar-refractivity contribution is 0.0526. The number of hydrogen-bond acceptors (Lipinski definition) is 9. The Kier molecular flexibility index (Phi) is 8.86. The first-order valence-corrected chi connectivity index (χ1v) is 15.5. The van der Waals surface area contributed by atoms with Gasteiger partial charge in [0.2, 0.25) is 5.95 Å². The van der Waals surface area contributed by atoms with Gasteiger partial charge in [0, 0.05) is 51.7 Å². The maximum Gasteiger partial charge on any atom is 0.341 e. The minimum atomic E-state index is -0.521. The van der Waals surface area contributed by atoms with Gasteiger partial charge in [0.05, 0.1) is 12.3 Å². The molecule has 0 atom stereocenters. The van der Waals surface area contributed by atoms with Crippen LogP contribution in [0.15, 0.2) is 72.0 Å². The maximum absolute atomic E-state index is 13.8. The number of anilines is 2. The van der Waals surface area contributed by atoms with Crippen molar-refractivity contribution in [1.29, 1.82) is 0 Å². The molecule has 0 bridgehead atoms. The van der Waals surface area contributed by atoms with Gasteiger partial charge in [0.1, 0.15) is 17.5 Å². The van der Waals surface area contributed by atoms with Crippen molar-refractivity contribution in [2.45, 2.75) is 39.2 Å². The van der Waals surface area contributed by atoms with E-state index in [0.717, 1.165) is 18.8 Å². The molecule has 6 rings (SSSR count). The molecule has 4 heterocycles. The number of aryl methyl sites for hydroxylation is 1. The number of benzene rings is 2. The Labute approximate surface area is 266 Å². The summed E-state index contributed by atoms with van der Waals surface area (Å²) in [5.74, 6) is 0.472. The van der Waals surface area contributed by atoms with Crippen LogP contribution in [0.4, 0.5) is 11.6 Å². The zero-order valence-electron chi connectivity index (χ0n) is 25.5. The molecule has 10 nitrogen and oxygen atoms in total. The van der Waals surface area contributed by atoms with E-state index >= 15 is 0 Å². The van der Waals surface area contributed by atoms with Gasteiger partial charge >= 0.3 is 5.97 Å². The lowest BCUT2D eigenvalue weighted by Crippen LogP contribution is -2.29. The van der Waals surface area contributed by atoms with E-state index in [1.807, 2.05) is 6.92 Å². The monoisotopic (exact) mass is 623 g/mol. The molecular formula is C34H34ClN7O3. The van der Waals surface area contributed by atoms with Gasteiger partial charge in [-0.1, -0.05) is 35.9 Å². The molecule has 0 spiro atoms. The summed E-state index contributed by atoms with van der Waals surface area (Å²) in [6.07, 6.45) is 6.82. The average molecular weight is 624 g/mol. The van der Waals surface area contributed by atoms with Crippen molar-refractivity contribution < 1.29 is 9.53 Å². The molecule has 1 N–H and O–H groups in total. The predicted octanol–water partition coefficient (Wildman–Crippen LogP) is 6.32. The van der Waals surface area contributed by atoms with Crippen molar-refractivity contribution >= 4 is 40.2 Å². The first-order chi connectivity index (χ1) is 21.9. The number of fused-ring (bicyclic) bond motifs is 1. The third-order valence-corrected chi connectivity index (χ3v) is 8.55. The predicted molar refractivity (Wildman–Crippen MR) is 176 cm³/mol. The highest BCUT2D eigenvalue weighted by Crippen LogP contribution is 2.33. The fourth-order valence-electron chi connectivity index (χ4n) is 5.81. The molecule has 1 aliphatic heterocycles. The average Bonchev–Trinajstić information content (AvgIpc) is 3.05. The van der Waals surface area contributed by atoms with E-state index < -0.39 is 5.97 Å². The van der Waals surface area contributed by atoms with Gasteiger partial charge in [-0.3, -0.25) is 9.36 Å². The van der Waals surface area contributed by atoms with Gasteiger partial charge in [-0.25, -0.2) is 19.7 Å². The van der Waals surface area contributed by atoms with Crippen LogP contribution in [0.1, 0.15) is 48.5 Å². The molecule has 0 amide bonds. The van der Waals surface area contributed by atoms with Gasteiger partial charge in [-0.05, 0) is 82.6 Å². The number of pyridine rings is 1. The number of aromatic nitrogens is 5. The van der Waals surface area contributed by atoms with E-state index in [9.17, 15) is 9.59 Å². The molecule has 1 fully saturated rings. The summed E-state index contributed by atoms with van der Waals surface area (Å²) in [6.45, 7) is 6.51. The van der Waals surface area contributed by atoms with Crippen molar-refractivity contribution in [2.75, 3.05) is 32.1 Å². The van der Waals surface area contributed by atoms with Crippen molar-refractivity contribution in [3.05, 3.63) is 93.8 Å². The standard InChI is InChI=1S/C34H34ClN7O3/c1-4-42-31-24(18-37-34(40-31)39-25-9-6-21(7-10-25)22-12-14-41(3)15-13-22)16-27(32(42)43)26-11-8-23(17-29(26)35)30-28(19-36-20-38-30)33(44)45-5-2/h6-11,16-20,22H,4-5,12-15H2,1-3H3,(H,37,39,40). The van der Waals surface area contributed by atoms with Crippen molar-refractivity contribution in [2.24, 2.45) is 0 Å². The van der Waals surface area contributed by atoms with E-state index in [1.165, 1.54) is 30.9 Å². The number of ether oxygens (including phenoxy) is 1. The first kappa shape index (κ1) is 30.4. The smallest absolute Gasteiger partial charge is 0.341 e. The normalized spacial score (nSPS) is 14.0. The fraction of sp³-hybridized carbons (Fsp3) is 0.294. The number of halogens is 1. The number of hydrogen-bond donors (Lipinski definition) is 1. The van der Waals surface area contributed by atoms with E-state index in [1.54, 1.807) is 42.0 Å². The molecule has 0 aliphatic carbocycles. The lowest BCUT2D eigenvalue weighted by Gasteiger charge is -2.29. The summed E-state index contributed by atoms with van der Waals surface area (Å²) < 4.78 is 6.77. The second-order valence-corrected chi connectivity index (χ2v) is 11.5. The quantitative estimate of drug-likeness (QED) is 0.198. The third kappa shape index (κ3) is 6.29. The highest BCUT2D eigenvalue weighted by atomic mass is 35.5. The molecule has 230 valence electrons. The first-order valence-electron chi connectivity index (χ1n) is 15.1. The van der Waals surface area contributed by atoms with Gasteiger partial charge in [0.25, 0.3) is 5.56 Å². The molecular weight excluding hydrogens is 590 g/mol. The molecule has 11 heteroatoms. The highest BCUT2D eigenvalue weighted by Gasteiger charge is 2.20. The summed E-state index contributed by atoms with van der Waals surface area (Å²) in [5.41, 5.74) is 4.74. The van der Waals surface area contributed by atoms with Gasteiger partial charge in [-0.15, -0.1) is 0 Å². The van der Waals surface area contributed by atoms with Crippen molar-refractivity contribution in [3.63, 3.8) is 0 Å². The molecule has 5 aromatic rings. The van der Waals surface area contributed by atoms with Crippen LogP contribution in [-0.4, -0.2) is 62.1 Å². The van der Waals surface area contributed by atoms with Crippen LogP contribution in [-0.2, 0) is 11.3 Å². The number of esters is 1. The van der Waals surface area contributed by atoms with Crippen LogP contribution in [0.5, 0.6) is 0 Å². The van der Waals surface area contributed by atoms with E-state index in [2.05, 4.69) is 56.5 Å². The van der Waals surface area contributed by atoms with Crippen LogP contribution >= 0.6 is 11.6 Å². The molecule has 3 aromatic heterocycles. The Morgan fingerprint density at radius 1 is 1.02 bits per heavy atom. The molecule has 0 radical (unpaired) electrons. The maximum atomic E-state index is 13.8. The number of piperidine rings is 1. The largest absolute Gasteiger partial charge is 0.462 e. The molecule has 1 saturated heterocycles. The molecule has 1 aliphatic rings. The number of nitrogens with zero attached hydrogens (tertiary/aromatic N) is 6. The zero-order chi connectivity index (χ0) is 31.5. The lowest BCUT2D eigenvalue weighted by atomic mass is 9.89. The number of carbonyl (C=O) groups is 1. The van der Waals surface area contributed by atoms with Gasteiger partial charge in [0.15, 0.2) is 0 Å². The van der Waals surface area contributed by atoms with Crippen molar-refractivity contribution in [1.82, 2.24) is 29.4 Å². The summed E-state index contributed by atoms with van der Waals surface area (Å²) in [4.78, 5) is 46.1. The topological polar surface area (TPSA) is 115 Å². The van der Waals surface area contributed by atoms with Crippen LogP contribution in [0, 0.1) is 0 Å². The Morgan fingerprint density at radius 2 is 1.80 bits per heavy atom. The van der Waals surface area contributed by atoms with Gasteiger partial charge in [-0.2, -0.15) is 4.98 Å². The van der Waals surface area contributed by atoms with E-state index in [-0.39, 0.29) is 17.7 Å². The number of carbonyl (C=O) groups excluding carboxylic acids is 1. The summed E-state index contributed by atoms with van der Waals surface area (Å²) >= 11 is 6.76. The van der Waals surface area contributed by atoms with Crippen molar-refractivity contribution in [3.8, 4) is 22.4 Å². The zero-order valence-corrected chi connectivity index (χ0v) is 26.2. The highest BCUT2D eigenvalue weighted by molar-refractivity contribution is 6.33. The van der Waals surface area contributed by atoms with Crippen LogP contribution in [0.3, 0.4) is 0 Å². The molecule has 0 saturated carbocycles. The van der Waals surface area contributed by atoms with E-state index in [4.69, 9.17) is 21.3 Å². The molecule has 0 unspecified atom stereocenters. The van der Waals surface area contributed by atoms with Gasteiger partial charge < -0.3 is 15.0 Å². The Hall–Kier alpha value is -4.67. The Morgan fingerprint density at radius 3 is 2.51 bits per heavy atom. The second-order valence-electron chi connectivity index (χ2n) is 11.1. The number of nitrogens with one attached hydrogen (secondary N) is 1. The number of rotatable bonds is 8. The minimum absolute atomic E-state index is 0.221. The van der Waals surface area contributed by atoms with Crippen LogP contribution < -0.4 is 10.9 Å². The SMILES string of the molecule is CCOC(=O)c1cncnc1-c1ccc(-c2cc3cnc(Nc4ccc(C5CCN(C)CC5)cc4)nc3n(CC)c2=O)c(Cl)c1. The second kappa shape index (κ2) is 13.1. The Balaban J connectivity index is 1.28. The van der Waals surface area contributed by atoms with Crippen LogP contribution in [0.25, 0.3) is 33.4 Å². The summed E-state index contributed by atoms with van der Waals surface area (Å²) in [7, 11) is 2.17. The summed E-state index contributed by atoms with van der Waals surface area (Å²) in [5, 5.41) is 4.33. The molecule has 2 aromatic carbocycles. The fourth-order valence-corrected chi connectivity index (χ4v) is 6.10. The van der Waals surface area contributed by atoms with E-state index in [0.29, 0.717) is 56.9 Å². The third-order valence-electron chi connectivity index (χ3n) is 8.24. The summed E-state index contributed by atoms with van der Waals surface area (Å²) in [6, 6.07) is 15.4. The van der Waals surface area contributed by atoms with Crippen LogP contribution in [0.2, 0.25) is 5.02 Å². The minimum Gasteiger partial charge on any atom is -0.462 e. The number of likely N-dealkylation sites (tertiary alicyclic amines) is 1. The molecule has 45 heavy (non-hydrogen) atoms.